The third-order valence-corrected chi connectivity index (χ3v) is 2.71. The van der Waals surface area contributed by atoms with Crippen LogP contribution in [-0.2, 0) is 5.41 Å². The van der Waals surface area contributed by atoms with Gasteiger partial charge in [0.25, 0.3) is 0 Å². The molecule has 3 heteroatoms. The van der Waals surface area contributed by atoms with Gasteiger partial charge in [0, 0.05) is 11.6 Å². The molecular weight excluding hydrogens is 186 g/mol. The highest BCUT2D eigenvalue weighted by Crippen LogP contribution is 2.40. The number of fused-ring (bicyclic) bond motifs is 1. The van der Waals surface area contributed by atoms with Crippen molar-refractivity contribution in [2.75, 3.05) is 6.61 Å². The first-order chi connectivity index (χ1) is 6.50. The molecule has 0 aliphatic carbocycles. The second-order valence-electron chi connectivity index (χ2n) is 4.25. The van der Waals surface area contributed by atoms with E-state index in [0.29, 0.717) is 12.2 Å². The van der Waals surface area contributed by atoms with Crippen LogP contribution in [0.4, 0.5) is 8.78 Å². The summed E-state index contributed by atoms with van der Waals surface area (Å²) in [5.41, 5.74) is 0.414. The number of hydrogen-bond donors (Lipinski definition) is 0. The van der Waals surface area contributed by atoms with Crippen LogP contribution in [0.3, 0.4) is 0 Å². The van der Waals surface area contributed by atoms with Crippen molar-refractivity contribution in [3.8, 4) is 5.75 Å². The summed E-state index contributed by atoms with van der Waals surface area (Å²) in [6.45, 7) is 4.42. The summed E-state index contributed by atoms with van der Waals surface area (Å²) in [5.74, 6) is -0.935. The van der Waals surface area contributed by atoms with Gasteiger partial charge in [0.1, 0.15) is 5.82 Å². The van der Waals surface area contributed by atoms with Gasteiger partial charge >= 0.3 is 0 Å². The van der Waals surface area contributed by atoms with E-state index < -0.39 is 11.6 Å². The molecule has 0 aromatic heterocycles. The van der Waals surface area contributed by atoms with Crippen LogP contribution in [0.5, 0.6) is 5.75 Å². The van der Waals surface area contributed by atoms with Crippen LogP contribution in [0.25, 0.3) is 0 Å². The van der Waals surface area contributed by atoms with Gasteiger partial charge in [0.05, 0.1) is 6.61 Å². The van der Waals surface area contributed by atoms with Crippen LogP contribution in [-0.4, -0.2) is 6.61 Å². The topological polar surface area (TPSA) is 9.23 Å². The van der Waals surface area contributed by atoms with Crippen molar-refractivity contribution in [1.82, 2.24) is 0 Å². The SMILES string of the molecule is CC1(C)CCOc2c(F)cc(F)cc21. The van der Waals surface area contributed by atoms with E-state index in [0.717, 1.165) is 12.5 Å². The molecule has 0 saturated carbocycles. The maximum Gasteiger partial charge on any atom is 0.168 e. The molecule has 1 aliphatic rings. The lowest BCUT2D eigenvalue weighted by molar-refractivity contribution is 0.222. The first-order valence-electron chi connectivity index (χ1n) is 4.63. The second-order valence-corrected chi connectivity index (χ2v) is 4.25. The number of hydrogen-bond acceptors (Lipinski definition) is 1. The maximum absolute atomic E-state index is 13.3. The molecule has 1 aliphatic heterocycles. The summed E-state index contributed by atoms with van der Waals surface area (Å²) in [6, 6.07) is 2.22. The molecule has 1 aromatic rings. The zero-order chi connectivity index (χ0) is 10.3. The largest absolute Gasteiger partial charge is 0.490 e. The van der Waals surface area contributed by atoms with Gasteiger partial charge in [-0.1, -0.05) is 13.8 Å². The predicted molar refractivity (Wildman–Crippen MR) is 49.5 cm³/mol. The quantitative estimate of drug-likeness (QED) is 0.622. The fourth-order valence-electron chi connectivity index (χ4n) is 1.75. The Balaban J connectivity index is 2.63. The lowest BCUT2D eigenvalue weighted by Crippen LogP contribution is -2.27. The standard InChI is InChI=1S/C11H12F2O/c1-11(2)3-4-14-10-8(11)5-7(12)6-9(10)13/h5-6H,3-4H2,1-2H3. The Bertz CT molecular complexity index is 372. The summed E-state index contributed by atoms with van der Waals surface area (Å²) in [6.07, 6.45) is 0.781. The first kappa shape index (κ1) is 9.44. The van der Waals surface area contributed by atoms with Crippen molar-refractivity contribution in [3.63, 3.8) is 0 Å². The first-order valence-corrected chi connectivity index (χ1v) is 4.63. The van der Waals surface area contributed by atoms with Crippen molar-refractivity contribution >= 4 is 0 Å². The van der Waals surface area contributed by atoms with E-state index in [1.54, 1.807) is 0 Å². The highest BCUT2D eigenvalue weighted by Gasteiger charge is 2.31. The van der Waals surface area contributed by atoms with Gasteiger partial charge in [0.2, 0.25) is 0 Å². The maximum atomic E-state index is 13.3. The average molecular weight is 198 g/mol. The Morgan fingerprint density at radius 1 is 1.29 bits per heavy atom. The Hall–Kier alpha value is -1.12. The van der Waals surface area contributed by atoms with E-state index in [-0.39, 0.29) is 11.2 Å². The van der Waals surface area contributed by atoms with Crippen LogP contribution in [0.2, 0.25) is 0 Å². The minimum absolute atomic E-state index is 0.211. The molecule has 0 amide bonds. The predicted octanol–water partition coefficient (Wildman–Crippen LogP) is 3.02. The van der Waals surface area contributed by atoms with E-state index in [1.165, 1.54) is 6.07 Å². The Labute approximate surface area is 81.7 Å². The number of benzene rings is 1. The smallest absolute Gasteiger partial charge is 0.168 e. The van der Waals surface area contributed by atoms with Crippen LogP contribution in [0.15, 0.2) is 12.1 Å². The summed E-state index contributed by atoms with van der Waals surface area (Å²) < 4.78 is 31.5. The highest BCUT2D eigenvalue weighted by atomic mass is 19.1. The zero-order valence-electron chi connectivity index (χ0n) is 8.23. The minimum atomic E-state index is -0.604. The van der Waals surface area contributed by atoms with Gasteiger partial charge < -0.3 is 4.74 Å². The van der Waals surface area contributed by atoms with Crippen molar-refractivity contribution < 1.29 is 13.5 Å². The summed E-state index contributed by atoms with van der Waals surface area (Å²) in [4.78, 5) is 0. The number of rotatable bonds is 0. The Morgan fingerprint density at radius 2 is 2.00 bits per heavy atom. The summed E-state index contributed by atoms with van der Waals surface area (Å²) >= 11 is 0. The normalized spacial score (nSPS) is 18.6. The monoisotopic (exact) mass is 198 g/mol. The van der Waals surface area contributed by atoms with Crippen molar-refractivity contribution in [1.29, 1.82) is 0 Å². The Morgan fingerprint density at radius 3 is 2.71 bits per heavy atom. The fraction of sp³-hybridized carbons (Fsp3) is 0.455. The van der Waals surface area contributed by atoms with Gasteiger partial charge in [-0.15, -0.1) is 0 Å². The minimum Gasteiger partial charge on any atom is -0.490 e. The second kappa shape index (κ2) is 2.94. The molecule has 0 fully saturated rings. The van der Waals surface area contributed by atoms with Crippen LogP contribution in [0.1, 0.15) is 25.8 Å². The molecule has 1 heterocycles. The number of ether oxygens (including phenoxy) is 1. The zero-order valence-corrected chi connectivity index (χ0v) is 8.23. The molecular formula is C11H12F2O. The Kier molecular flexibility index (Phi) is 1.98. The molecule has 0 spiro atoms. The van der Waals surface area contributed by atoms with Gasteiger partial charge in [0.15, 0.2) is 11.6 Å². The molecule has 2 rings (SSSR count). The van der Waals surface area contributed by atoms with Crippen LogP contribution >= 0.6 is 0 Å². The number of halogens is 2. The van der Waals surface area contributed by atoms with Gasteiger partial charge in [-0.3, -0.25) is 0 Å². The summed E-state index contributed by atoms with van der Waals surface area (Å²) in [7, 11) is 0. The lowest BCUT2D eigenvalue weighted by Gasteiger charge is -2.32. The molecule has 0 bridgehead atoms. The molecule has 0 radical (unpaired) electrons. The third kappa shape index (κ3) is 1.37. The van der Waals surface area contributed by atoms with E-state index >= 15 is 0 Å². The van der Waals surface area contributed by atoms with E-state index in [4.69, 9.17) is 4.74 Å². The van der Waals surface area contributed by atoms with Crippen LogP contribution < -0.4 is 4.74 Å². The van der Waals surface area contributed by atoms with Gasteiger partial charge in [-0.2, -0.15) is 0 Å². The molecule has 0 saturated heterocycles. The van der Waals surface area contributed by atoms with Gasteiger partial charge in [-0.05, 0) is 17.9 Å². The molecule has 0 N–H and O–H groups in total. The fourth-order valence-corrected chi connectivity index (χ4v) is 1.75. The lowest BCUT2D eigenvalue weighted by atomic mass is 9.80. The molecule has 76 valence electrons. The van der Waals surface area contributed by atoms with E-state index in [9.17, 15) is 8.78 Å². The average Bonchev–Trinajstić information content (AvgIpc) is 2.06. The van der Waals surface area contributed by atoms with E-state index in [1.807, 2.05) is 13.8 Å². The third-order valence-electron chi connectivity index (χ3n) is 2.71. The molecule has 0 atom stereocenters. The van der Waals surface area contributed by atoms with Crippen molar-refractivity contribution in [2.45, 2.75) is 25.7 Å². The molecule has 1 nitrogen and oxygen atoms in total. The van der Waals surface area contributed by atoms with Crippen molar-refractivity contribution in [2.24, 2.45) is 0 Å². The molecule has 0 unspecified atom stereocenters. The van der Waals surface area contributed by atoms with Crippen molar-refractivity contribution in [3.05, 3.63) is 29.3 Å². The van der Waals surface area contributed by atoms with E-state index in [2.05, 4.69) is 0 Å². The molecule has 1 aromatic carbocycles. The summed E-state index contributed by atoms with van der Waals surface area (Å²) in [5, 5.41) is 0. The highest BCUT2D eigenvalue weighted by molar-refractivity contribution is 5.42. The van der Waals surface area contributed by atoms with Crippen LogP contribution in [0, 0.1) is 11.6 Å². The molecule has 14 heavy (non-hydrogen) atoms. The van der Waals surface area contributed by atoms with Gasteiger partial charge in [-0.25, -0.2) is 8.78 Å².